The predicted octanol–water partition coefficient (Wildman–Crippen LogP) is 5.38. The average molecular weight is 212 g/mol. The Bertz CT molecular complexity index is 146. The van der Waals surface area contributed by atoms with Crippen molar-refractivity contribution in [1.82, 2.24) is 0 Å². The van der Waals surface area contributed by atoms with Crippen LogP contribution in [0.2, 0.25) is 0 Å². The van der Waals surface area contributed by atoms with Crippen molar-refractivity contribution in [3.05, 3.63) is 0 Å². The standard InChI is InChI=1S/C15H32/c1-8-9-13(6)15(12(4)5)14(7)10-11(2)3/h11-15H,8-10H2,1-7H3. The number of hydrogen-bond acceptors (Lipinski definition) is 0. The summed E-state index contributed by atoms with van der Waals surface area (Å²) in [6.07, 6.45) is 4.11. The predicted molar refractivity (Wildman–Crippen MR) is 71.0 cm³/mol. The maximum Gasteiger partial charge on any atom is -0.0339 e. The smallest absolute Gasteiger partial charge is 0.0339 e. The molecule has 0 fully saturated rings. The monoisotopic (exact) mass is 212 g/mol. The minimum absolute atomic E-state index is 0.834. The zero-order chi connectivity index (χ0) is 12.0. The van der Waals surface area contributed by atoms with Gasteiger partial charge in [-0.05, 0) is 36.0 Å². The zero-order valence-corrected chi connectivity index (χ0v) is 12.0. The van der Waals surface area contributed by atoms with Gasteiger partial charge in [0.05, 0.1) is 0 Å². The molecule has 0 radical (unpaired) electrons. The number of rotatable bonds is 7. The lowest BCUT2D eigenvalue weighted by Crippen LogP contribution is -2.26. The van der Waals surface area contributed by atoms with Crippen LogP contribution in [0.15, 0.2) is 0 Å². The van der Waals surface area contributed by atoms with Crippen LogP contribution in [0.25, 0.3) is 0 Å². The summed E-state index contributed by atoms with van der Waals surface area (Å²) >= 11 is 0. The van der Waals surface area contributed by atoms with E-state index in [2.05, 4.69) is 48.5 Å². The van der Waals surface area contributed by atoms with Gasteiger partial charge in [0.1, 0.15) is 0 Å². The molecule has 3 unspecified atom stereocenters. The highest BCUT2D eigenvalue weighted by molar-refractivity contribution is 4.75. The molecule has 0 amide bonds. The molecule has 15 heavy (non-hydrogen) atoms. The fourth-order valence-corrected chi connectivity index (χ4v) is 3.42. The first-order valence-electron chi connectivity index (χ1n) is 6.90. The van der Waals surface area contributed by atoms with E-state index in [1.807, 2.05) is 0 Å². The highest BCUT2D eigenvalue weighted by Gasteiger charge is 2.26. The molecule has 0 aliphatic rings. The SMILES string of the molecule is CCCC(C)C(C(C)C)C(C)CC(C)C. The molecule has 0 bridgehead atoms. The van der Waals surface area contributed by atoms with Gasteiger partial charge in [0, 0.05) is 0 Å². The van der Waals surface area contributed by atoms with Crippen molar-refractivity contribution < 1.29 is 0 Å². The van der Waals surface area contributed by atoms with Crippen molar-refractivity contribution in [1.29, 1.82) is 0 Å². The van der Waals surface area contributed by atoms with Crippen LogP contribution in [0.1, 0.15) is 67.7 Å². The van der Waals surface area contributed by atoms with Crippen LogP contribution in [-0.4, -0.2) is 0 Å². The summed E-state index contributed by atoms with van der Waals surface area (Å²) in [5.41, 5.74) is 0. The second kappa shape index (κ2) is 7.30. The zero-order valence-electron chi connectivity index (χ0n) is 12.0. The molecule has 0 saturated heterocycles. The van der Waals surface area contributed by atoms with Gasteiger partial charge in [0.2, 0.25) is 0 Å². The van der Waals surface area contributed by atoms with Gasteiger partial charge in [0.15, 0.2) is 0 Å². The van der Waals surface area contributed by atoms with Crippen LogP contribution < -0.4 is 0 Å². The summed E-state index contributed by atoms with van der Waals surface area (Å²) in [5.74, 6) is 4.36. The maximum absolute atomic E-state index is 2.46. The molecule has 0 aromatic carbocycles. The Morgan fingerprint density at radius 1 is 0.800 bits per heavy atom. The van der Waals surface area contributed by atoms with Crippen molar-refractivity contribution in [2.45, 2.75) is 67.7 Å². The molecule has 0 aromatic rings. The minimum Gasteiger partial charge on any atom is -0.0654 e. The normalized spacial score (nSPS) is 18.2. The van der Waals surface area contributed by atoms with Crippen LogP contribution in [0.5, 0.6) is 0 Å². The van der Waals surface area contributed by atoms with E-state index in [-0.39, 0.29) is 0 Å². The van der Waals surface area contributed by atoms with Crippen LogP contribution in [-0.2, 0) is 0 Å². The second-order valence-corrected chi connectivity index (χ2v) is 6.19. The lowest BCUT2D eigenvalue weighted by Gasteiger charge is -2.34. The third-order valence-electron chi connectivity index (χ3n) is 3.67. The molecule has 0 saturated carbocycles. The van der Waals surface area contributed by atoms with Crippen LogP contribution >= 0.6 is 0 Å². The molecule has 0 aliphatic carbocycles. The van der Waals surface area contributed by atoms with Gasteiger partial charge >= 0.3 is 0 Å². The third-order valence-corrected chi connectivity index (χ3v) is 3.67. The second-order valence-electron chi connectivity index (χ2n) is 6.19. The molecule has 92 valence electrons. The van der Waals surface area contributed by atoms with Gasteiger partial charge < -0.3 is 0 Å². The molecule has 0 N–H and O–H groups in total. The molecule has 0 heteroatoms. The van der Waals surface area contributed by atoms with Crippen LogP contribution in [0.4, 0.5) is 0 Å². The lowest BCUT2D eigenvalue weighted by molar-refractivity contribution is 0.158. The Morgan fingerprint density at radius 2 is 1.33 bits per heavy atom. The molecule has 0 aromatic heterocycles. The highest BCUT2D eigenvalue weighted by atomic mass is 14.3. The largest absolute Gasteiger partial charge is 0.0654 e. The summed E-state index contributed by atoms with van der Waals surface area (Å²) < 4.78 is 0. The maximum atomic E-state index is 2.46. The topological polar surface area (TPSA) is 0 Å². The van der Waals surface area contributed by atoms with Crippen molar-refractivity contribution in [2.75, 3.05) is 0 Å². The molecule has 0 heterocycles. The van der Waals surface area contributed by atoms with E-state index < -0.39 is 0 Å². The molecule has 3 atom stereocenters. The van der Waals surface area contributed by atoms with E-state index >= 15 is 0 Å². The Kier molecular flexibility index (Phi) is 7.30. The van der Waals surface area contributed by atoms with Crippen LogP contribution in [0.3, 0.4) is 0 Å². The Balaban J connectivity index is 4.36. The summed E-state index contributed by atoms with van der Waals surface area (Å²) in [7, 11) is 0. The van der Waals surface area contributed by atoms with E-state index in [0.29, 0.717) is 0 Å². The number of hydrogen-bond donors (Lipinski definition) is 0. The molecule has 0 aliphatic heterocycles. The minimum atomic E-state index is 0.834. The lowest BCUT2D eigenvalue weighted by atomic mass is 9.72. The van der Waals surface area contributed by atoms with Crippen molar-refractivity contribution in [3.63, 3.8) is 0 Å². The van der Waals surface area contributed by atoms with Crippen molar-refractivity contribution in [2.24, 2.45) is 29.6 Å². The van der Waals surface area contributed by atoms with Gasteiger partial charge in [-0.3, -0.25) is 0 Å². The van der Waals surface area contributed by atoms with Gasteiger partial charge in [0.25, 0.3) is 0 Å². The Labute approximate surface area is 97.8 Å². The van der Waals surface area contributed by atoms with Crippen molar-refractivity contribution >= 4 is 0 Å². The molecule has 0 rings (SSSR count). The first-order valence-corrected chi connectivity index (χ1v) is 6.90. The molecule has 0 nitrogen and oxygen atoms in total. The summed E-state index contributed by atoms with van der Waals surface area (Å²) in [4.78, 5) is 0. The van der Waals surface area contributed by atoms with E-state index in [0.717, 1.165) is 29.6 Å². The molecular formula is C15H32. The first kappa shape index (κ1) is 15.0. The van der Waals surface area contributed by atoms with E-state index in [4.69, 9.17) is 0 Å². The Morgan fingerprint density at radius 3 is 1.67 bits per heavy atom. The van der Waals surface area contributed by atoms with Gasteiger partial charge in [-0.2, -0.15) is 0 Å². The third kappa shape index (κ3) is 5.58. The quantitative estimate of drug-likeness (QED) is 0.531. The first-order chi connectivity index (χ1) is 6.90. The van der Waals surface area contributed by atoms with Gasteiger partial charge in [-0.15, -0.1) is 0 Å². The van der Waals surface area contributed by atoms with E-state index in [1.54, 1.807) is 0 Å². The highest BCUT2D eigenvalue weighted by Crippen LogP contribution is 2.34. The summed E-state index contributed by atoms with van der Waals surface area (Å²) in [5, 5.41) is 0. The van der Waals surface area contributed by atoms with E-state index in [9.17, 15) is 0 Å². The van der Waals surface area contributed by atoms with Gasteiger partial charge in [-0.25, -0.2) is 0 Å². The summed E-state index contributed by atoms with van der Waals surface area (Å²) in [6.45, 7) is 16.7. The summed E-state index contributed by atoms with van der Waals surface area (Å²) in [6, 6.07) is 0. The molecule has 0 spiro atoms. The van der Waals surface area contributed by atoms with Crippen molar-refractivity contribution in [3.8, 4) is 0 Å². The van der Waals surface area contributed by atoms with Crippen LogP contribution in [0, 0.1) is 29.6 Å². The molecular weight excluding hydrogens is 180 g/mol. The average Bonchev–Trinajstić information content (AvgIpc) is 2.01. The van der Waals surface area contributed by atoms with Gasteiger partial charge in [-0.1, -0.05) is 61.3 Å². The fraction of sp³-hybridized carbons (Fsp3) is 1.00. The van der Waals surface area contributed by atoms with E-state index in [1.165, 1.54) is 19.3 Å². The fourth-order valence-electron chi connectivity index (χ4n) is 3.42. The Hall–Kier alpha value is 0.